The molecule has 0 nitrogen and oxygen atoms in total. The van der Waals surface area contributed by atoms with Gasteiger partial charge in [-0.1, -0.05) is 6.07 Å². The Labute approximate surface area is 113 Å². The van der Waals surface area contributed by atoms with Gasteiger partial charge < -0.3 is 0 Å². The first kappa shape index (κ1) is 14.6. The van der Waals surface area contributed by atoms with Crippen LogP contribution in [0.25, 0.3) is 0 Å². The standard InChI is InChI=1S/C14H9BF5/c1-6-3-8(10(17)4-9(6)16)15-13-7(2)14(20)12(19)5-11(13)18/h3-5H,1-2H3. The summed E-state index contributed by atoms with van der Waals surface area (Å²) in [5.74, 6) is -5.16. The van der Waals surface area contributed by atoms with Crippen molar-refractivity contribution < 1.29 is 22.0 Å². The summed E-state index contributed by atoms with van der Waals surface area (Å²) in [5.41, 5.74) is -0.479. The Bertz CT molecular complexity index is 682. The van der Waals surface area contributed by atoms with Crippen LogP contribution in [0.4, 0.5) is 22.0 Å². The Morgan fingerprint density at radius 3 is 2.00 bits per heavy atom. The van der Waals surface area contributed by atoms with E-state index in [2.05, 4.69) is 0 Å². The Kier molecular flexibility index (Phi) is 3.83. The maximum Gasteiger partial charge on any atom is 0.199 e. The predicted octanol–water partition coefficient (Wildman–Crippen LogP) is 2.65. The molecule has 0 fully saturated rings. The van der Waals surface area contributed by atoms with E-state index in [1.807, 2.05) is 0 Å². The summed E-state index contributed by atoms with van der Waals surface area (Å²) in [6, 6.07) is 2.22. The highest BCUT2D eigenvalue weighted by molar-refractivity contribution is 6.68. The summed E-state index contributed by atoms with van der Waals surface area (Å²) in [6.45, 7) is 2.60. The molecule has 103 valence electrons. The van der Waals surface area contributed by atoms with Crippen molar-refractivity contribution in [3.05, 3.63) is 58.4 Å². The van der Waals surface area contributed by atoms with Gasteiger partial charge in [-0.2, -0.15) is 0 Å². The van der Waals surface area contributed by atoms with Gasteiger partial charge >= 0.3 is 0 Å². The van der Waals surface area contributed by atoms with Crippen LogP contribution in [0.2, 0.25) is 0 Å². The van der Waals surface area contributed by atoms with Gasteiger partial charge in [0.15, 0.2) is 18.9 Å². The van der Waals surface area contributed by atoms with E-state index in [9.17, 15) is 22.0 Å². The molecule has 20 heavy (non-hydrogen) atoms. The van der Waals surface area contributed by atoms with Crippen LogP contribution in [0.15, 0.2) is 18.2 Å². The van der Waals surface area contributed by atoms with Gasteiger partial charge in [0.2, 0.25) is 0 Å². The molecule has 0 bridgehead atoms. The van der Waals surface area contributed by atoms with Crippen molar-refractivity contribution in [3.8, 4) is 0 Å². The van der Waals surface area contributed by atoms with Gasteiger partial charge in [0.05, 0.1) is 0 Å². The van der Waals surface area contributed by atoms with E-state index >= 15 is 0 Å². The first-order valence-electron chi connectivity index (χ1n) is 5.75. The second-order valence-electron chi connectivity index (χ2n) is 4.46. The fraction of sp³-hybridized carbons (Fsp3) is 0.143. The molecule has 2 aromatic carbocycles. The predicted molar refractivity (Wildman–Crippen MR) is 67.2 cm³/mol. The van der Waals surface area contributed by atoms with E-state index in [0.29, 0.717) is 12.1 Å². The molecule has 0 N–H and O–H groups in total. The van der Waals surface area contributed by atoms with E-state index in [0.717, 1.165) is 7.28 Å². The SMILES string of the molecule is Cc1cc([B]c2c(F)cc(F)c(F)c2C)c(F)cc1F. The zero-order valence-electron chi connectivity index (χ0n) is 10.7. The third kappa shape index (κ3) is 2.55. The van der Waals surface area contributed by atoms with Crippen LogP contribution in [0.5, 0.6) is 0 Å². The van der Waals surface area contributed by atoms with Gasteiger partial charge in [0.25, 0.3) is 0 Å². The van der Waals surface area contributed by atoms with E-state index in [4.69, 9.17) is 0 Å². The maximum atomic E-state index is 13.7. The smallest absolute Gasteiger partial charge is 0.199 e. The summed E-state index contributed by atoms with van der Waals surface area (Å²) in [7, 11) is 1.02. The summed E-state index contributed by atoms with van der Waals surface area (Å²) >= 11 is 0. The third-order valence-corrected chi connectivity index (χ3v) is 3.03. The van der Waals surface area contributed by atoms with Crippen molar-refractivity contribution in [2.45, 2.75) is 13.8 Å². The molecule has 2 aromatic rings. The Balaban J connectivity index is 2.51. The third-order valence-electron chi connectivity index (χ3n) is 3.03. The summed E-state index contributed by atoms with van der Waals surface area (Å²) < 4.78 is 66.8. The number of hydrogen-bond donors (Lipinski definition) is 0. The monoisotopic (exact) mass is 283 g/mol. The van der Waals surface area contributed by atoms with E-state index in [1.165, 1.54) is 19.9 Å². The van der Waals surface area contributed by atoms with Crippen LogP contribution in [0, 0.1) is 42.9 Å². The van der Waals surface area contributed by atoms with Crippen molar-refractivity contribution in [1.29, 1.82) is 0 Å². The van der Waals surface area contributed by atoms with Gasteiger partial charge in [-0.3, -0.25) is 0 Å². The Morgan fingerprint density at radius 2 is 1.35 bits per heavy atom. The highest BCUT2D eigenvalue weighted by atomic mass is 19.2. The fourth-order valence-corrected chi connectivity index (χ4v) is 1.85. The second kappa shape index (κ2) is 5.27. The number of halogens is 5. The average molecular weight is 283 g/mol. The molecule has 0 aliphatic heterocycles. The zero-order chi connectivity index (χ0) is 15.0. The number of benzene rings is 2. The molecule has 0 saturated carbocycles. The Hall–Kier alpha value is -1.85. The minimum Gasteiger partial charge on any atom is -0.208 e. The van der Waals surface area contributed by atoms with E-state index in [-0.39, 0.29) is 22.1 Å². The molecule has 2 rings (SSSR count). The lowest BCUT2D eigenvalue weighted by Crippen LogP contribution is -2.35. The highest BCUT2D eigenvalue weighted by Gasteiger charge is 2.18. The minimum absolute atomic E-state index is 0.100. The molecule has 0 spiro atoms. The van der Waals surface area contributed by atoms with Gasteiger partial charge in [-0.15, -0.1) is 0 Å². The largest absolute Gasteiger partial charge is 0.208 e. The van der Waals surface area contributed by atoms with Crippen molar-refractivity contribution in [3.63, 3.8) is 0 Å². The topological polar surface area (TPSA) is 0 Å². The fourth-order valence-electron chi connectivity index (χ4n) is 1.85. The van der Waals surface area contributed by atoms with Crippen LogP contribution in [-0.4, -0.2) is 7.28 Å². The second-order valence-corrected chi connectivity index (χ2v) is 4.46. The lowest BCUT2D eigenvalue weighted by atomic mass is 9.61. The molecular weight excluding hydrogens is 274 g/mol. The normalized spacial score (nSPS) is 10.8. The van der Waals surface area contributed by atoms with E-state index < -0.39 is 29.1 Å². The highest BCUT2D eigenvalue weighted by Crippen LogP contribution is 2.12. The molecule has 0 saturated heterocycles. The van der Waals surface area contributed by atoms with Crippen LogP contribution in [-0.2, 0) is 0 Å². The molecule has 0 amide bonds. The summed E-state index contributed by atoms with van der Waals surface area (Å²) in [4.78, 5) is 0. The van der Waals surface area contributed by atoms with Crippen molar-refractivity contribution >= 4 is 18.2 Å². The molecule has 0 unspecified atom stereocenters. The molecular formula is C14H9BF5. The quantitative estimate of drug-likeness (QED) is 0.451. The van der Waals surface area contributed by atoms with Crippen LogP contribution in [0.3, 0.4) is 0 Å². The molecule has 0 aliphatic carbocycles. The molecule has 1 radical (unpaired) electrons. The Morgan fingerprint density at radius 1 is 0.750 bits per heavy atom. The van der Waals surface area contributed by atoms with Crippen molar-refractivity contribution in [2.75, 3.05) is 0 Å². The minimum atomic E-state index is -1.31. The van der Waals surface area contributed by atoms with Crippen molar-refractivity contribution in [1.82, 2.24) is 0 Å². The molecule has 0 aliphatic rings. The van der Waals surface area contributed by atoms with Gasteiger partial charge in [-0.25, -0.2) is 22.0 Å². The van der Waals surface area contributed by atoms with Crippen LogP contribution in [0.1, 0.15) is 11.1 Å². The number of rotatable bonds is 2. The van der Waals surface area contributed by atoms with Crippen molar-refractivity contribution in [2.24, 2.45) is 0 Å². The first-order valence-corrected chi connectivity index (χ1v) is 5.75. The first-order chi connectivity index (χ1) is 9.31. The zero-order valence-corrected chi connectivity index (χ0v) is 10.7. The summed E-state index contributed by atoms with van der Waals surface area (Å²) in [6.07, 6.45) is 0. The molecule has 0 aromatic heterocycles. The lowest BCUT2D eigenvalue weighted by molar-refractivity contribution is 0.492. The maximum absolute atomic E-state index is 13.7. The van der Waals surface area contributed by atoms with Crippen LogP contribution >= 0.6 is 0 Å². The van der Waals surface area contributed by atoms with Gasteiger partial charge in [0.1, 0.15) is 17.5 Å². The average Bonchev–Trinajstić information content (AvgIpc) is 2.38. The number of aryl methyl sites for hydroxylation is 1. The van der Waals surface area contributed by atoms with Gasteiger partial charge in [-0.05, 0) is 35.9 Å². The van der Waals surface area contributed by atoms with Gasteiger partial charge in [0, 0.05) is 12.1 Å². The molecule has 0 atom stereocenters. The number of hydrogen-bond acceptors (Lipinski definition) is 0. The lowest BCUT2D eigenvalue weighted by Gasteiger charge is -2.10. The van der Waals surface area contributed by atoms with Crippen LogP contribution < -0.4 is 10.9 Å². The molecule has 0 heterocycles. The summed E-state index contributed by atoms with van der Waals surface area (Å²) in [5, 5.41) is 0. The molecule has 6 heteroatoms. The van der Waals surface area contributed by atoms with E-state index in [1.54, 1.807) is 0 Å².